The highest BCUT2D eigenvalue weighted by atomic mass is 32.1. The number of anilines is 1. The van der Waals surface area contributed by atoms with Gasteiger partial charge in [-0.1, -0.05) is 37.3 Å². The summed E-state index contributed by atoms with van der Waals surface area (Å²) in [6.45, 7) is 3.02. The minimum Gasteiger partial charge on any atom is -0.334 e. The van der Waals surface area contributed by atoms with Crippen molar-refractivity contribution in [3.05, 3.63) is 52.9 Å². The molecule has 2 aliphatic rings. The molecule has 142 valence electrons. The Bertz CT molecular complexity index is 813. The second-order valence-electron chi connectivity index (χ2n) is 7.56. The predicted octanol–water partition coefficient (Wildman–Crippen LogP) is 4.90. The summed E-state index contributed by atoms with van der Waals surface area (Å²) in [4.78, 5) is 27.9. The Hall–Kier alpha value is -2.14. The minimum atomic E-state index is 0.0880. The Morgan fingerprint density at radius 3 is 2.63 bits per heavy atom. The van der Waals surface area contributed by atoms with Gasteiger partial charge in [-0.3, -0.25) is 9.59 Å². The van der Waals surface area contributed by atoms with Crippen molar-refractivity contribution in [1.82, 2.24) is 4.90 Å². The van der Waals surface area contributed by atoms with Crippen molar-refractivity contribution in [3.63, 3.8) is 0 Å². The van der Waals surface area contributed by atoms with Crippen molar-refractivity contribution in [2.24, 2.45) is 5.92 Å². The molecule has 0 unspecified atom stereocenters. The smallest absolute Gasteiger partial charge is 0.264 e. The fraction of sp³-hybridized carbons (Fsp3) is 0.455. The predicted molar refractivity (Wildman–Crippen MR) is 109 cm³/mol. The van der Waals surface area contributed by atoms with Crippen molar-refractivity contribution in [3.8, 4) is 0 Å². The van der Waals surface area contributed by atoms with Gasteiger partial charge in [-0.2, -0.15) is 0 Å². The molecule has 1 saturated heterocycles. The number of carbonyl (C=O) groups excluding carboxylic acids is 2. The van der Waals surface area contributed by atoms with Crippen molar-refractivity contribution < 1.29 is 9.59 Å². The average Bonchev–Trinajstić information content (AvgIpc) is 3.26. The fourth-order valence-corrected chi connectivity index (χ4v) is 4.99. The molecule has 27 heavy (non-hydrogen) atoms. The van der Waals surface area contributed by atoms with Crippen LogP contribution in [0.15, 0.2) is 42.5 Å². The second-order valence-corrected chi connectivity index (χ2v) is 8.64. The summed E-state index contributed by atoms with van der Waals surface area (Å²) in [5, 5.41) is 3.73. The molecule has 0 spiro atoms. The molecule has 2 aromatic rings. The van der Waals surface area contributed by atoms with Crippen molar-refractivity contribution in [1.29, 1.82) is 0 Å². The van der Waals surface area contributed by atoms with E-state index in [2.05, 4.69) is 41.4 Å². The summed E-state index contributed by atoms with van der Waals surface area (Å²) in [6.07, 6.45) is 5.09. The lowest BCUT2D eigenvalue weighted by Crippen LogP contribution is -2.38. The van der Waals surface area contributed by atoms with Crippen LogP contribution in [0.25, 0.3) is 0 Å². The molecule has 4 nitrogen and oxygen atoms in total. The normalized spacial score (nSPS) is 20.5. The number of rotatable bonds is 6. The molecule has 1 aliphatic heterocycles. The maximum absolute atomic E-state index is 13.2. The molecule has 2 amide bonds. The largest absolute Gasteiger partial charge is 0.334 e. The number of likely N-dealkylation sites (tertiary alicyclic amines) is 1. The standard InChI is InChI=1S/C22H26N2O2S/c1-2-17(15-7-4-3-5-8-15)18-9-6-14-24(18)22(26)19-12-13-20(27-19)23-21(25)16-10-11-16/h3-5,7-8,12-13,16-18H,2,6,9-11,14H2,1H3,(H,23,25)/t17-,18-/m0/s1. The topological polar surface area (TPSA) is 49.4 Å². The highest BCUT2D eigenvalue weighted by Gasteiger charge is 2.36. The molecule has 1 aliphatic carbocycles. The summed E-state index contributed by atoms with van der Waals surface area (Å²) < 4.78 is 0. The van der Waals surface area contributed by atoms with E-state index in [-0.39, 0.29) is 23.8 Å². The summed E-state index contributed by atoms with van der Waals surface area (Å²) in [5.41, 5.74) is 1.31. The van der Waals surface area contributed by atoms with Crippen LogP contribution in [-0.2, 0) is 4.79 Å². The molecule has 4 rings (SSSR count). The van der Waals surface area contributed by atoms with Crippen LogP contribution in [-0.4, -0.2) is 29.3 Å². The first kappa shape index (κ1) is 18.2. The van der Waals surface area contributed by atoms with Crippen LogP contribution in [0.1, 0.15) is 60.2 Å². The van der Waals surface area contributed by atoms with Crippen molar-refractivity contribution >= 4 is 28.2 Å². The lowest BCUT2D eigenvalue weighted by molar-refractivity contribution is -0.117. The van der Waals surface area contributed by atoms with Gasteiger partial charge >= 0.3 is 0 Å². The number of hydrogen-bond donors (Lipinski definition) is 1. The van der Waals surface area contributed by atoms with Gasteiger partial charge in [0.15, 0.2) is 0 Å². The minimum absolute atomic E-state index is 0.0880. The van der Waals surface area contributed by atoms with Gasteiger partial charge in [-0.15, -0.1) is 11.3 Å². The van der Waals surface area contributed by atoms with Gasteiger partial charge in [0.2, 0.25) is 5.91 Å². The summed E-state index contributed by atoms with van der Waals surface area (Å²) in [7, 11) is 0. The van der Waals surface area contributed by atoms with Gasteiger partial charge in [0.05, 0.1) is 9.88 Å². The third-order valence-electron chi connectivity index (χ3n) is 5.70. The molecule has 1 saturated carbocycles. The summed E-state index contributed by atoms with van der Waals surface area (Å²) >= 11 is 1.40. The van der Waals surface area contributed by atoms with Crippen LogP contribution < -0.4 is 5.32 Å². The third-order valence-corrected chi connectivity index (χ3v) is 6.69. The van der Waals surface area contributed by atoms with E-state index < -0.39 is 0 Å². The van der Waals surface area contributed by atoms with Gasteiger partial charge in [0.1, 0.15) is 0 Å². The molecule has 0 bridgehead atoms. The zero-order valence-corrected chi connectivity index (χ0v) is 16.5. The number of amides is 2. The lowest BCUT2D eigenvalue weighted by atomic mass is 9.87. The molecule has 5 heteroatoms. The van der Waals surface area contributed by atoms with E-state index in [0.717, 1.165) is 48.5 Å². The Balaban J connectivity index is 1.49. The molecule has 2 atom stereocenters. The highest BCUT2D eigenvalue weighted by molar-refractivity contribution is 7.18. The van der Waals surface area contributed by atoms with Gasteiger partial charge in [-0.05, 0) is 49.8 Å². The number of thiophene rings is 1. The molecule has 1 aromatic heterocycles. The van der Waals surface area contributed by atoms with Gasteiger partial charge in [0, 0.05) is 24.4 Å². The van der Waals surface area contributed by atoms with Gasteiger partial charge in [0.25, 0.3) is 5.91 Å². The Labute approximate surface area is 164 Å². The second kappa shape index (κ2) is 7.85. The average molecular weight is 383 g/mol. The summed E-state index contributed by atoms with van der Waals surface area (Å²) in [5.74, 6) is 0.728. The van der Waals surface area contributed by atoms with Crippen LogP contribution in [0.4, 0.5) is 5.00 Å². The maximum Gasteiger partial charge on any atom is 0.264 e. The molecule has 0 radical (unpaired) electrons. The number of nitrogens with one attached hydrogen (secondary N) is 1. The van der Waals surface area contributed by atoms with E-state index in [1.54, 1.807) is 0 Å². The monoisotopic (exact) mass is 382 g/mol. The lowest BCUT2D eigenvalue weighted by Gasteiger charge is -2.31. The number of nitrogens with zero attached hydrogens (tertiary/aromatic N) is 1. The van der Waals surface area contributed by atoms with Crippen LogP contribution in [0, 0.1) is 5.92 Å². The van der Waals surface area contributed by atoms with Gasteiger partial charge < -0.3 is 10.2 Å². The number of hydrogen-bond acceptors (Lipinski definition) is 3. The Morgan fingerprint density at radius 2 is 1.93 bits per heavy atom. The van der Waals surface area contributed by atoms with E-state index >= 15 is 0 Å². The number of benzene rings is 1. The van der Waals surface area contributed by atoms with Crippen LogP contribution in [0.2, 0.25) is 0 Å². The van der Waals surface area contributed by atoms with Crippen molar-refractivity contribution in [2.75, 3.05) is 11.9 Å². The van der Waals surface area contributed by atoms with Gasteiger partial charge in [-0.25, -0.2) is 0 Å². The molecular weight excluding hydrogens is 356 g/mol. The Kier molecular flexibility index (Phi) is 5.30. The quantitative estimate of drug-likeness (QED) is 0.773. The molecule has 2 fully saturated rings. The van der Waals surface area contributed by atoms with Crippen LogP contribution in [0.3, 0.4) is 0 Å². The highest BCUT2D eigenvalue weighted by Crippen LogP contribution is 2.36. The molecular formula is C22H26N2O2S. The van der Waals surface area contributed by atoms with E-state index in [1.807, 2.05) is 18.2 Å². The first-order valence-electron chi connectivity index (χ1n) is 9.94. The summed E-state index contributed by atoms with van der Waals surface area (Å²) in [6, 6.07) is 14.5. The van der Waals surface area contributed by atoms with E-state index in [9.17, 15) is 9.59 Å². The first-order chi connectivity index (χ1) is 13.2. The van der Waals surface area contributed by atoms with Crippen LogP contribution in [0.5, 0.6) is 0 Å². The fourth-order valence-electron chi connectivity index (χ4n) is 4.12. The SMILES string of the molecule is CC[C@@H](c1ccccc1)[C@@H]1CCCN1C(=O)c1ccc(NC(=O)C2CC2)s1. The Morgan fingerprint density at radius 1 is 1.15 bits per heavy atom. The first-order valence-corrected chi connectivity index (χ1v) is 10.8. The molecule has 2 heterocycles. The maximum atomic E-state index is 13.2. The zero-order valence-electron chi connectivity index (χ0n) is 15.7. The van der Waals surface area contributed by atoms with Crippen molar-refractivity contribution in [2.45, 2.75) is 51.0 Å². The number of carbonyl (C=O) groups is 2. The third kappa shape index (κ3) is 3.93. The van der Waals surface area contributed by atoms with E-state index in [0.29, 0.717) is 5.92 Å². The van der Waals surface area contributed by atoms with E-state index in [1.165, 1.54) is 16.9 Å². The van der Waals surface area contributed by atoms with E-state index in [4.69, 9.17) is 0 Å². The zero-order chi connectivity index (χ0) is 18.8. The molecule has 1 N–H and O–H groups in total. The molecule has 1 aromatic carbocycles. The van der Waals surface area contributed by atoms with Crippen LogP contribution >= 0.6 is 11.3 Å².